The molecule has 8 nitrogen and oxygen atoms in total. The molecule has 196 valence electrons. The van der Waals surface area contributed by atoms with Gasteiger partial charge in [-0.15, -0.1) is 6.58 Å². The van der Waals surface area contributed by atoms with Crippen molar-refractivity contribution in [2.24, 2.45) is 17.8 Å². The summed E-state index contributed by atoms with van der Waals surface area (Å²) in [7, 11) is 0. The van der Waals surface area contributed by atoms with E-state index in [0.29, 0.717) is 32.4 Å². The van der Waals surface area contributed by atoms with E-state index in [4.69, 9.17) is 9.47 Å². The molecule has 3 fully saturated rings. The first-order valence-corrected chi connectivity index (χ1v) is 12.9. The lowest BCUT2D eigenvalue weighted by Crippen LogP contribution is -2.59. The Bertz CT molecular complexity index is 844. The van der Waals surface area contributed by atoms with Crippen molar-refractivity contribution in [3.8, 4) is 0 Å². The number of hydrogen-bond donors (Lipinski definition) is 1. The minimum atomic E-state index is -1.13. The Kier molecular flexibility index (Phi) is 8.48. The van der Waals surface area contributed by atoms with Gasteiger partial charge in [-0.2, -0.15) is 0 Å². The molecule has 35 heavy (non-hydrogen) atoms. The molecule has 8 heteroatoms. The number of amides is 2. The zero-order valence-electron chi connectivity index (χ0n) is 21.7. The van der Waals surface area contributed by atoms with E-state index in [-0.39, 0.29) is 30.9 Å². The van der Waals surface area contributed by atoms with Gasteiger partial charge in [0.2, 0.25) is 11.8 Å². The number of likely N-dealkylation sites (tertiary alicyclic amines) is 1. The Balaban J connectivity index is 2.10. The summed E-state index contributed by atoms with van der Waals surface area (Å²) in [5.74, 6) is -2.46. The number of esters is 1. The lowest BCUT2D eigenvalue weighted by molar-refractivity contribution is -0.161. The van der Waals surface area contributed by atoms with Crippen LogP contribution in [-0.2, 0) is 23.9 Å². The van der Waals surface area contributed by atoms with E-state index >= 15 is 0 Å². The van der Waals surface area contributed by atoms with Gasteiger partial charge in [0, 0.05) is 13.1 Å². The van der Waals surface area contributed by atoms with Gasteiger partial charge in [0.05, 0.1) is 24.2 Å². The second-order valence-electron chi connectivity index (χ2n) is 10.8. The number of aliphatic hydroxyl groups is 1. The van der Waals surface area contributed by atoms with Gasteiger partial charge in [-0.3, -0.25) is 14.4 Å². The maximum absolute atomic E-state index is 14.2. The van der Waals surface area contributed by atoms with Gasteiger partial charge in [0.15, 0.2) is 0 Å². The Morgan fingerprint density at radius 2 is 2.03 bits per heavy atom. The average Bonchev–Trinajstić information content (AvgIpc) is 3.38. The molecule has 2 unspecified atom stereocenters. The number of ether oxygens (including phenoxy) is 2. The smallest absolute Gasteiger partial charge is 0.313 e. The molecular weight excluding hydrogens is 448 g/mol. The zero-order valence-corrected chi connectivity index (χ0v) is 21.7. The van der Waals surface area contributed by atoms with Gasteiger partial charge < -0.3 is 24.4 Å². The lowest BCUT2D eigenvalue weighted by Gasteiger charge is -2.40. The predicted molar refractivity (Wildman–Crippen MR) is 132 cm³/mol. The fraction of sp³-hybridized carbons (Fsp3) is 0.741. The number of fused-ring (bicyclic) bond motifs is 1. The minimum Gasteiger partial charge on any atom is -0.461 e. The molecule has 0 aromatic carbocycles. The Hall–Kier alpha value is -2.19. The number of nitrogens with zero attached hydrogens (tertiary/aromatic N) is 2. The second kappa shape index (κ2) is 10.8. The van der Waals surface area contributed by atoms with Crippen molar-refractivity contribution < 1.29 is 29.0 Å². The van der Waals surface area contributed by atoms with E-state index in [2.05, 4.69) is 20.1 Å². The molecule has 0 radical (unpaired) electrons. The van der Waals surface area contributed by atoms with Gasteiger partial charge in [0.25, 0.3) is 0 Å². The first-order chi connectivity index (χ1) is 16.6. The first-order valence-electron chi connectivity index (χ1n) is 12.9. The van der Waals surface area contributed by atoms with Crippen molar-refractivity contribution >= 4 is 17.8 Å². The number of aliphatic hydroxyl groups excluding tert-OH is 1. The maximum atomic E-state index is 14.2. The third-order valence-electron chi connectivity index (χ3n) is 7.84. The van der Waals surface area contributed by atoms with Gasteiger partial charge >= 0.3 is 5.97 Å². The van der Waals surface area contributed by atoms with E-state index in [1.807, 2.05) is 20.8 Å². The van der Waals surface area contributed by atoms with Crippen LogP contribution in [0.2, 0.25) is 0 Å². The summed E-state index contributed by atoms with van der Waals surface area (Å²) in [6.45, 7) is 16.0. The summed E-state index contributed by atoms with van der Waals surface area (Å²) < 4.78 is 12.0. The van der Waals surface area contributed by atoms with Gasteiger partial charge in [-0.05, 0) is 38.5 Å². The van der Waals surface area contributed by atoms with Crippen molar-refractivity contribution in [3.63, 3.8) is 0 Å². The largest absolute Gasteiger partial charge is 0.461 e. The molecule has 0 saturated carbocycles. The first kappa shape index (κ1) is 27.4. The molecule has 3 rings (SSSR count). The van der Waals surface area contributed by atoms with E-state index < -0.39 is 41.1 Å². The summed E-state index contributed by atoms with van der Waals surface area (Å²) in [6, 6.07) is -1.46. The normalized spacial score (nSPS) is 32.0. The predicted octanol–water partition coefficient (Wildman–Crippen LogP) is 2.70. The number of unbranched alkanes of at least 4 members (excludes halogenated alkanes) is 1. The van der Waals surface area contributed by atoms with Crippen LogP contribution < -0.4 is 0 Å². The van der Waals surface area contributed by atoms with E-state index in [9.17, 15) is 19.5 Å². The Labute approximate surface area is 209 Å². The number of carbonyl (C=O) groups is 3. The monoisotopic (exact) mass is 490 g/mol. The SMILES string of the molecule is C=CCOC(=O)[C@@H]1[C@H]2C(=O)N([C@@H](CO)CC(C)C)C(C(=O)N(CC=C)CCCC)C23CC[C@@]1(C)O3. The van der Waals surface area contributed by atoms with Crippen molar-refractivity contribution in [1.29, 1.82) is 0 Å². The fourth-order valence-corrected chi connectivity index (χ4v) is 6.41. The summed E-state index contributed by atoms with van der Waals surface area (Å²) >= 11 is 0. The van der Waals surface area contributed by atoms with Gasteiger partial charge in [-0.1, -0.05) is 45.9 Å². The number of rotatable bonds is 13. The van der Waals surface area contributed by atoms with Crippen molar-refractivity contribution in [2.45, 2.75) is 83.1 Å². The highest BCUT2D eigenvalue weighted by Gasteiger charge is 2.79. The quantitative estimate of drug-likeness (QED) is 0.315. The van der Waals surface area contributed by atoms with Crippen LogP contribution in [0.25, 0.3) is 0 Å². The fourth-order valence-electron chi connectivity index (χ4n) is 6.41. The van der Waals surface area contributed by atoms with Crippen LogP contribution in [0, 0.1) is 17.8 Å². The average molecular weight is 491 g/mol. The molecule has 3 heterocycles. The molecule has 6 atom stereocenters. The molecule has 0 aromatic rings. The van der Waals surface area contributed by atoms with Crippen LogP contribution >= 0.6 is 0 Å². The molecule has 2 bridgehead atoms. The molecule has 2 amide bonds. The Morgan fingerprint density at radius 1 is 1.31 bits per heavy atom. The summed E-state index contributed by atoms with van der Waals surface area (Å²) in [4.78, 5) is 44.7. The maximum Gasteiger partial charge on any atom is 0.313 e. The Morgan fingerprint density at radius 3 is 2.60 bits per heavy atom. The standard InChI is InChI=1S/C27H42N2O6/c1-7-10-14-28(13-8-2)24(32)22-27-12-11-26(6,35-27)21(25(33)34-15-9-3)20(27)23(31)29(22)19(17-30)16-18(4)5/h8-9,18-22,30H,2-3,7,10-17H2,1,4-6H3/t19-,20+,21+,22?,26-,27?/m1/s1. The third kappa shape index (κ3) is 4.67. The molecule has 3 aliphatic heterocycles. The third-order valence-corrected chi connectivity index (χ3v) is 7.84. The van der Waals surface area contributed by atoms with Gasteiger partial charge in [-0.25, -0.2) is 0 Å². The van der Waals surface area contributed by atoms with Crippen LogP contribution in [0.5, 0.6) is 0 Å². The second-order valence-corrected chi connectivity index (χ2v) is 10.8. The summed E-state index contributed by atoms with van der Waals surface area (Å²) in [6.07, 6.45) is 6.49. The summed E-state index contributed by atoms with van der Waals surface area (Å²) in [5.41, 5.74) is -2.01. The van der Waals surface area contributed by atoms with Crippen molar-refractivity contribution in [3.05, 3.63) is 25.3 Å². The highest BCUT2D eigenvalue weighted by Crippen LogP contribution is 2.63. The highest BCUT2D eigenvalue weighted by atomic mass is 16.6. The van der Waals surface area contributed by atoms with Crippen LogP contribution in [0.15, 0.2) is 25.3 Å². The van der Waals surface area contributed by atoms with Crippen LogP contribution in [-0.4, -0.2) is 82.3 Å². The molecule has 3 aliphatic rings. The van der Waals surface area contributed by atoms with E-state index in [1.54, 1.807) is 15.9 Å². The van der Waals surface area contributed by atoms with Crippen LogP contribution in [0.1, 0.15) is 59.8 Å². The highest BCUT2D eigenvalue weighted by molar-refractivity contribution is 5.98. The lowest BCUT2D eigenvalue weighted by atomic mass is 9.66. The minimum absolute atomic E-state index is 0.0438. The zero-order chi connectivity index (χ0) is 26.0. The van der Waals surface area contributed by atoms with Crippen LogP contribution in [0.4, 0.5) is 0 Å². The number of carbonyl (C=O) groups excluding carboxylic acids is 3. The molecule has 1 spiro atoms. The molecule has 1 N–H and O–H groups in total. The van der Waals surface area contributed by atoms with E-state index in [1.165, 1.54) is 6.08 Å². The van der Waals surface area contributed by atoms with Crippen LogP contribution in [0.3, 0.4) is 0 Å². The summed E-state index contributed by atoms with van der Waals surface area (Å²) in [5, 5.41) is 10.3. The molecule has 0 aromatic heterocycles. The van der Waals surface area contributed by atoms with Crippen molar-refractivity contribution in [2.75, 3.05) is 26.3 Å². The molecule has 0 aliphatic carbocycles. The molecular formula is C27H42N2O6. The number of hydrogen-bond acceptors (Lipinski definition) is 6. The van der Waals surface area contributed by atoms with Crippen molar-refractivity contribution in [1.82, 2.24) is 9.80 Å². The van der Waals surface area contributed by atoms with Gasteiger partial charge in [0.1, 0.15) is 24.2 Å². The topological polar surface area (TPSA) is 96.4 Å². The van der Waals surface area contributed by atoms with E-state index in [0.717, 1.165) is 12.8 Å². The molecule has 3 saturated heterocycles.